The van der Waals surface area contributed by atoms with Gasteiger partial charge in [0, 0.05) is 43.5 Å². The molecule has 0 unspecified atom stereocenters. The fraction of sp³-hybridized carbons (Fsp3) is 0.357. The number of rotatable bonds is 2. The average Bonchev–Trinajstić information content (AvgIpc) is 2.86. The van der Waals surface area contributed by atoms with E-state index in [1.165, 1.54) is 5.69 Å². The molecule has 1 fully saturated rings. The standard InChI is InChI=1S/C14H18N4O/c1-17-6-8-18(9-7-17)13-5-3-2-4-11(13)12-10-14(15)19-16-12/h2-5,10H,6-9,15H2,1H3. The maximum atomic E-state index is 5.61. The zero-order valence-corrected chi connectivity index (χ0v) is 11.0. The number of nitrogen functional groups attached to an aromatic ring is 1. The van der Waals surface area contributed by atoms with Gasteiger partial charge in [0.05, 0.1) is 0 Å². The Morgan fingerprint density at radius 3 is 2.58 bits per heavy atom. The third-order valence-corrected chi connectivity index (χ3v) is 3.55. The number of aromatic nitrogens is 1. The lowest BCUT2D eigenvalue weighted by atomic mass is 10.1. The monoisotopic (exact) mass is 258 g/mol. The Morgan fingerprint density at radius 2 is 1.89 bits per heavy atom. The summed E-state index contributed by atoms with van der Waals surface area (Å²) in [5.74, 6) is 0.350. The molecule has 0 saturated carbocycles. The van der Waals surface area contributed by atoms with Crippen molar-refractivity contribution in [2.45, 2.75) is 0 Å². The summed E-state index contributed by atoms with van der Waals surface area (Å²) in [4.78, 5) is 4.73. The van der Waals surface area contributed by atoms with Crippen molar-refractivity contribution in [2.75, 3.05) is 43.9 Å². The third kappa shape index (κ3) is 2.42. The summed E-state index contributed by atoms with van der Waals surface area (Å²) in [7, 11) is 2.15. The molecule has 1 aliphatic rings. The molecular formula is C14H18N4O. The molecule has 0 amide bonds. The summed E-state index contributed by atoms with van der Waals surface area (Å²) in [5, 5.41) is 4.02. The number of hydrogen-bond donors (Lipinski definition) is 1. The first kappa shape index (κ1) is 12.0. The predicted octanol–water partition coefficient (Wildman–Crippen LogP) is 1.68. The van der Waals surface area contributed by atoms with Crippen LogP contribution in [0, 0.1) is 0 Å². The number of hydrogen-bond acceptors (Lipinski definition) is 5. The highest BCUT2D eigenvalue weighted by molar-refractivity contribution is 5.77. The van der Waals surface area contributed by atoms with Crippen LogP contribution in [0.25, 0.3) is 11.3 Å². The SMILES string of the molecule is CN1CCN(c2ccccc2-c2cc(N)on2)CC1. The van der Waals surface area contributed by atoms with Crippen LogP contribution >= 0.6 is 0 Å². The summed E-state index contributed by atoms with van der Waals surface area (Å²) < 4.78 is 4.98. The quantitative estimate of drug-likeness (QED) is 0.888. The van der Waals surface area contributed by atoms with E-state index in [-0.39, 0.29) is 0 Å². The zero-order valence-electron chi connectivity index (χ0n) is 11.0. The molecule has 0 aliphatic carbocycles. The van der Waals surface area contributed by atoms with Crippen LogP contribution in [0.15, 0.2) is 34.9 Å². The smallest absolute Gasteiger partial charge is 0.222 e. The van der Waals surface area contributed by atoms with Crippen molar-refractivity contribution in [3.63, 3.8) is 0 Å². The first-order chi connectivity index (χ1) is 9.24. The van der Waals surface area contributed by atoms with Crippen molar-refractivity contribution in [2.24, 2.45) is 0 Å². The van der Waals surface area contributed by atoms with E-state index in [1.54, 1.807) is 6.07 Å². The maximum absolute atomic E-state index is 5.61. The van der Waals surface area contributed by atoms with Gasteiger partial charge in [0.1, 0.15) is 5.69 Å². The Bertz CT molecular complexity index is 558. The van der Waals surface area contributed by atoms with Crippen LogP contribution in [-0.4, -0.2) is 43.3 Å². The van der Waals surface area contributed by atoms with E-state index in [2.05, 4.69) is 40.2 Å². The van der Waals surface area contributed by atoms with Crippen LogP contribution in [0.2, 0.25) is 0 Å². The molecule has 1 saturated heterocycles. The van der Waals surface area contributed by atoms with Gasteiger partial charge in [-0.05, 0) is 13.1 Å². The van der Waals surface area contributed by atoms with Crippen molar-refractivity contribution in [1.82, 2.24) is 10.1 Å². The van der Waals surface area contributed by atoms with Crippen LogP contribution in [-0.2, 0) is 0 Å². The molecule has 1 aromatic heterocycles. The van der Waals surface area contributed by atoms with Crippen LogP contribution < -0.4 is 10.6 Å². The molecule has 1 aliphatic heterocycles. The summed E-state index contributed by atoms with van der Waals surface area (Å²) in [5.41, 5.74) is 8.69. The van der Waals surface area contributed by atoms with Crippen LogP contribution in [0.1, 0.15) is 0 Å². The molecule has 0 bridgehead atoms. The van der Waals surface area contributed by atoms with E-state index in [0.717, 1.165) is 37.4 Å². The fourth-order valence-corrected chi connectivity index (χ4v) is 2.43. The fourth-order valence-electron chi connectivity index (χ4n) is 2.43. The van der Waals surface area contributed by atoms with Crippen molar-refractivity contribution in [1.29, 1.82) is 0 Å². The first-order valence-corrected chi connectivity index (χ1v) is 6.49. The Balaban J connectivity index is 1.93. The maximum Gasteiger partial charge on any atom is 0.222 e. The van der Waals surface area contributed by atoms with Crippen molar-refractivity contribution < 1.29 is 4.52 Å². The molecule has 0 spiro atoms. The molecule has 5 heteroatoms. The van der Waals surface area contributed by atoms with Gasteiger partial charge in [-0.3, -0.25) is 0 Å². The highest BCUT2D eigenvalue weighted by Gasteiger charge is 2.18. The lowest BCUT2D eigenvalue weighted by Gasteiger charge is -2.34. The molecule has 0 radical (unpaired) electrons. The molecule has 100 valence electrons. The van der Waals surface area contributed by atoms with E-state index in [0.29, 0.717) is 5.88 Å². The highest BCUT2D eigenvalue weighted by Crippen LogP contribution is 2.31. The van der Waals surface area contributed by atoms with E-state index < -0.39 is 0 Å². The molecule has 19 heavy (non-hydrogen) atoms. The lowest BCUT2D eigenvalue weighted by Crippen LogP contribution is -2.44. The molecule has 2 N–H and O–H groups in total. The van der Waals surface area contributed by atoms with Gasteiger partial charge >= 0.3 is 0 Å². The number of para-hydroxylation sites is 1. The second-order valence-corrected chi connectivity index (χ2v) is 4.92. The Hall–Kier alpha value is -2.01. The molecule has 5 nitrogen and oxygen atoms in total. The highest BCUT2D eigenvalue weighted by atomic mass is 16.5. The topological polar surface area (TPSA) is 58.5 Å². The minimum absolute atomic E-state index is 0.350. The average molecular weight is 258 g/mol. The number of anilines is 2. The second-order valence-electron chi connectivity index (χ2n) is 4.92. The van der Waals surface area contributed by atoms with Crippen LogP contribution in [0.5, 0.6) is 0 Å². The Kier molecular flexibility index (Phi) is 3.13. The van der Waals surface area contributed by atoms with Gasteiger partial charge in [0.15, 0.2) is 0 Å². The van der Waals surface area contributed by atoms with E-state index in [1.807, 2.05) is 6.07 Å². The Labute approximate surface area is 112 Å². The molecule has 2 heterocycles. The molecule has 1 aromatic carbocycles. The summed E-state index contributed by atoms with van der Waals surface area (Å²) in [6, 6.07) is 10.0. The van der Waals surface area contributed by atoms with Gasteiger partial charge in [-0.25, -0.2) is 0 Å². The molecule has 2 aromatic rings. The lowest BCUT2D eigenvalue weighted by molar-refractivity contribution is 0.313. The number of piperazine rings is 1. The molecule has 3 rings (SSSR count). The van der Waals surface area contributed by atoms with Gasteiger partial charge in [-0.1, -0.05) is 23.4 Å². The van der Waals surface area contributed by atoms with E-state index >= 15 is 0 Å². The van der Waals surface area contributed by atoms with E-state index in [9.17, 15) is 0 Å². The number of benzene rings is 1. The van der Waals surface area contributed by atoms with Crippen molar-refractivity contribution >= 4 is 11.6 Å². The number of likely N-dealkylation sites (N-methyl/N-ethyl adjacent to an activating group) is 1. The van der Waals surface area contributed by atoms with Crippen LogP contribution in [0.4, 0.5) is 11.6 Å². The molecule has 0 atom stereocenters. The number of nitrogens with two attached hydrogens (primary N) is 1. The normalized spacial score (nSPS) is 16.8. The first-order valence-electron chi connectivity index (χ1n) is 6.49. The number of nitrogens with zero attached hydrogens (tertiary/aromatic N) is 3. The van der Waals surface area contributed by atoms with Gasteiger partial charge in [-0.15, -0.1) is 0 Å². The summed E-state index contributed by atoms with van der Waals surface area (Å²) in [6.07, 6.45) is 0. The van der Waals surface area contributed by atoms with Gasteiger partial charge in [0.25, 0.3) is 0 Å². The minimum Gasteiger partial charge on any atom is -0.368 e. The summed E-state index contributed by atoms with van der Waals surface area (Å²) >= 11 is 0. The largest absolute Gasteiger partial charge is 0.368 e. The minimum atomic E-state index is 0.350. The third-order valence-electron chi connectivity index (χ3n) is 3.55. The molecular weight excluding hydrogens is 240 g/mol. The zero-order chi connectivity index (χ0) is 13.2. The Morgan fingerprint density at radius 1 is 1.16 bits per heavy atom. The van der Waals surface area contributed by atoms with Gasteiger partial charge in [0.2, 0.25) is 5.88 Å². The van der Waals surface area contributed by atoms with Gasteiger partial charge in [-0.2, -0.15) is 0 Å². The van der Waals surface area contributed by atoms with Crippen molar-refractivity contribution in [3.05, 3.63) is 30.3 Å². The van der Waals surface area contributed by atoms with Crippen molar-refractivity contribution in [3.8, 4) is 11.3 Å². The summed E-state index contributed by atoms with van der Waals surface area (Å²) in [6.45, 7) is 4.21. The van der Waals surface area contributed by atoms with Gasteiger partial charge < -0.3 is 20.1 Å². The van der Waals surface area contributed by atoms with E-state index in [4.69, 9.17) is 10.3 Å². The second kappa shape index (κ2) is 4.93. The van der Waals surface area contributed by atoms with Crippen LogP contribution in [0.3, 0.4) is 0 Å². The predicted molar refractivity (Wildman–Crippen MR) is 76.1 cm³/mol.